The molecule has 0 atom stereocenters. The molecular weight excluding hydrogens is 208 g/mol. The Balaban J connectivity index is 1.84. The maximum absolute atomic E-state index is 5.71. The summed E-state index contributed by atoms with van der Waals surface area (Å²) in [6.45, 7) is 4.69. The Morgan fingerprint density at radius 2 is 1.82 bits per heavy atom. The first kappa shape index (κ1) is 12.3. The third kappa shape index (κ3) is 3.39. The molecule has 0 saturated carbocycles. The van der Waals surface area contributed by atoms with Gasteiger partial charge in [-0.15, -0.1) is 0 Å². The van der Waals surface area contributed by atoms with Crippen LogP contribution in [0.4, 0.5) is 11.4 Å². The Labute approximate surface area is 105 Å². The van der Waals surface area contributed by atoms with Crippen LogP contribution in [-0.2, 0) is 0 Å². The van der Waals surface area contributed by atoms with Gasteiger partial charge in [0.05, 0.1) is 0 Å². The van der Waals surface area contributed by atoms with E-state index in [1.807, 2.05) is 12.1 Å². The summed E-state index contributed by atoms with van der Waals surface area (Å²) in [5.41, 5.74) is 7.89. The van der Waals surface area contributed by atoms with Crippen LogP contribution in [0.3, 0.4) is 0 Å². The van der Waals surface area contributed by atoms with Gasteiger partial charge in [-0.1, -0.05) is 26.2 Å². The third-order valence-electron chi connectivity index (χ3n) is 3.84. The zero-order valence-corrected chi connectivity index (χ0v) is 10.9. The van der Waals surface area contributed by atoms with Crippen molar-refractivity contribution in [1.29, 1.82) is 0 Å². The van der Waals surface area contributed by atoms with Crippen molar-refractivity contribution in [2.75, 3.05) is 23.7 Å². The van der Waals surface area contributed by atoms with E-state index in [4.69, 9.17) is 5.73 Å². The molecule has 0 bridgehead atoms. The van der Waals surface area contributed by atoms with Gasteiger partial charge in [-0.2, -0.15) is 0 Å². The Hall–Kier alpha value is -1.18. The number of piperidine rings is 1. The summed E-state index contributed by atoms with van der Waals surface area (Å²) in [6.07, 6.45) is 6.85. The molecule has 0 spiro atoms. The van der Waals surface area contributed by atoms with Crippen molar-refractivity contribution in [2.24, 2.45) is 5.92 Å². The van der Waals surface area contributed by atoms with Crippen LogP contribution in [0.25, 0.3) is 0 Å². The molecule has 0 aliphatic carbocycles. The highest BCUT2D eigenvalue weighted by Crippen LogP contribution is 2.26. The van der Waals surface area contributed by atoms with Crippen molar-refractivity contribution >= 4 is 11.4 Å². The SMILES string of the molecule is CCCCC1CCN(c2ccc(N)cc2)CC1. The van der Waals surface area contributed by atoms with Crippen molar-refractivity contribution < 1.29 is 0 Å². The lowest BCUT2D eigenvalue weighted by molar-refractivity contribution is 0.371. The molecule has 1 aliphatic heterocycles. The minimum absolute atomic E-state index is 0.853. The first-order chi connectivity index (χ1) is 8.29. The van der Waals surface area contributed by atoms with E-state index in [9.17, 15) is 0 Å². The number of anilines is 2. The molecule has 1 aliphatic rings. The molecule has 0 amide bonds. The predicted molar refractivity (Wildman–Crippen MR) is 75.3 cm³/mol. The number of benzene rings is 1. The van der Waals surface area contributed by atoms with Gasteiger partial charge in [0.15, 0.2) is 0 Å². The third-order valence-corrected chi connectivity index (χ3v) is 3.84. The summed E-state index contributed by atoms with van der Waals surface area (Å²) in [5, 5.41) is 0. The molecule has 2 rings (SSSR count). The number of hydrogen-bond acceptors (Lipinski definition) is 2. The first-order valence-corrected chi connectivity index (χ1v) is 6.90. The summed E-state index contributed by atoms with van der Waals surface area (Å²) < 4.78 is 0. The Morgan fingerprint density at radius 3 is 2.41 bits per heavy atom. The van der Waals surface area contributed by atoms with Gasteiger partial charge in [-0.25, -0.2) is 0 Å². The highest BCUT2D eigenvalue weighted by molar-refractivity contribution is 5.53. The second kappa shape index (κ2) is 5.95. The topological polar surface area (TPSA) is 29.3 Å². The quantitative estimate of drug-likeness (QED) is 0.802. The van der Waals surface area contributed by atoms with Crippen LogP contribution < -0.4 is 10.6 Å². The Morgan fingerprint density at radius 1 is 1.18 bits per heavy atom. The molecule has 94 valence electrons. The van der Waals surface area contributed by atoms with E-state index < -0.39 is 0 Å². The summed E-state index contributed by atoms with van der Waals surface area (Å²) in [5.74, 6) is 0.958. The van der Waals surface area contributed by atoms with E-state index in [1.54, 1.807) is 0 Å². The Bertz CT molecular complexity index is 323. The van der Waals surface area contributed by atoms with Crippen LogP contribution in [0.2, 0.25) is 0 Å². The van der Waals surface area contributed by atoms with Gasteiger partial charge in [-0.05, 0) is 43.0 Å². The minimum Gasteiger partial charge on any atom is -0.399 e. The molecule has 1 saturated heterocycles. The molecule has 0 unspecified atom stereocenters. The molecule has 1 aromatic rings. The van der Waals surface area contributed by atoms with Crippen LogP contribution in [0, 0.1) is 5.92 Å². The molecule has 0 radical (unpaired) electrons. The van der Waals surface area contributed by atoms with Gasteiger partial charge in [0.25, 0.3) is 0 Å². The molecule has 17 heavy (non-hydrogen) atoms. The van der Waals surface area contributed by atoms with Crippen molar-refractivity contribution in [3.8, 4) is 0 Å². The van der Waals surface area contributed by atoms with Crippen LogP contribution in [0.5, 0.6) is 0 Å². The second-order valence-electron chi connectivity index (χ2n) is 5.16. The van der Waals surface area contributed by atoms with Crippen molar-refractivity contribution in [3.63, 3.8) is 0 Å². The lowest BCUT2D eigenvalue weighted by Gasteiger charge is -2.33. The maximum atomic E-state index is 5.71. The summed E-state index contributed by atoms with van der Waals surface area (Å²) in [7, 11) is 0. The van der Waals surface area contributed by atoms with Crippen LogP contribution >= 0.6 is 0 Å². The fraction of sp³-hybridized carbons (Fsp3) is 0.600. The number of rotatable bonds is 4. The fourth-order valence-electron chi connectivity index (χ4n) is 2.66. The summed E-state index contributed by atoms with van der Waals surface area (Å²) in [4.78, 5) is 2.49. The van der Waals surface area contributed by atoms with Gasteiger partial charge < -0.3 is 10.6 Å². The first-order valence-electron chi connectivity index (χ1n) is 6.90. The Kier molecular flexibility index (Phi) is 4.29. The standard InChI is InChI=1S/C15H24N2/c1-2-3-4-13-9-11-17(12-10-13)15-7-5-14(16)6-8-15/h5-8,13H,2-4,9-12,16H2,1H3. The molecule has 2 nitrogen and oxygen atoms in total. The van der Waals surface area contributed by atoms with E-state index in [2.05, 4.69) is 24.0 Å². The number of hydrogen-bond donors (Lipinski definition) is 1. The maximum Gasteiger partial charge on any atom is 0.0367 e. The van der Waals surface area contributed by atoms with E-state index in [0.29, 0.717) is 0 Å². The molecule has 2 heteroatoms. The molecular formula is C15H24N2. The molecule has 1 fully saturated rings. The zero-order valence-electron chi connectivity index (χ0n) is 10.9. The van der Waals surface area contributed by atoms with Crippen molar-refractivity contribution in [1.82, 2.24) is 0 Å². The molecule has 2 N–H and O–H groups in total. The van der Waals surface area contributed by atoms with E-state index in [0.717, 1.165) is 11.6 Å². The van der Waals surface area contributed by atoms with Crippen LogP contribution in [-0.4, -0.2) is 13.1 Å². The fourth-order valence-corrected chi connectivity index (χ4v) is 2.66. The number of nitrogens with two attached hydrogens (primary N) is 1. The van der Waals surface area contributed by atoms with Gasteiger partial charge >= 0.3 is 0 Å². The van der Waals surface area contributed by atoms with Crippen LogP contribution in [0.1, 0.15) is 39.0 Å². The monoisotopic (exact) mass is 232 g/mol. The lowest BCUT2D eigenvalue weighted by Crippen LogP contribution is -2.33. The predicted octanol–water partition coefficient (Wildman–Crippen LogP) is 3.68. The highest BCUT2D eigenvalue weighted by Gasteiger charge is 2.18. The van der Waals surface area contributed by atoms with Crippen molar-refractivity contribution in [3.05, 3.63) is 24.3 Å². The molecule has 1 aromatic carbocycles. The molecule has 0 aromatic heterocycles. The van der Waals surface area contributed by atoms with Gasteiger partial charge in [0, 0.05) is 24.5 Å². The number of nitrogen functional groups attached to an aromatic ring is 1. The minimum atomic E-state index is 0.853. The lowest BCUT2D eigenvalue weighted by atomic mass is 9.91. The highest BCUT2D eigenvalue weighted by atomic mass is 15.1. The second-order valence-corrected chi connectivity index (χ2v) is 5.16. The largest absolute Gasteiger partial charge is 0.399 e. The van der Waals surface area contributed by atoms with E-state index in [1.165, 1.54) is 50.9 Å². The van der Waals surface area contributed by atoms with E-state index in [-0.39, 0.29) is 0 Å². The van der Waals surface area contributed by atoms with Gasteiger partial charge in [0.2, 0.25) is 0 Å². The smallest absolute Gasteiger partial charge is 0.0367 e. The summed E-state index contributed by atoms with van der Waals surface area (Å²) in [6, 6.07) is 8.28. The van der Waals surface area contributed by atoms with E-state index >= 15 is 0 Å². The normalized spacial score (nSPS) is 17.4. The average Bonchev–Trinajstić information content (AvgIpc) is 2.38. The van der Waals surface area contributed by atoms with Crippen molar-refractivity contribution in [2.45, 2.75) is 39.0 Å². The zero-order chi connectivity index (χ0) is 12.1. The van der Waals surface area contributed by atoms with Crippen LogP contribution in [0.15, 0.2) is 24.3 Å². The molecule has 1 heterocycles. The number of unbranched alkanes of at least 4 members (excludes halogenated alkanes) is 1. The average molecular weight is 232 g/mol. The van der Waals surface area contributed by atoms with Gasteiger partial charge in [0.1, 0.15) is 0 Å². The number of nitrogens with zero attached hydrogens (tertiary/aromatic N) is 1. The van der Waals surface area contributed by atoms with Gasteiger partial charge in [-0.3, -0.25) is 0 Å². The summed E-state index contributed by atoms with van der Waals surface area (Å²) >= 11 is 0.